The van der Waals surface area contributed by atoms with Crippen molar-refractivity contribution < 1.29 is 0 Å². The van der Waals surface area contributed by atoms with Crippen molar-refractivity contribution in [2.45, 2.75) is 18.9 Å². The van der Waals surface area contributed by atoms with Gasteiger partial charge in [-0.3, -0.25) is 5.10 Å². The van der Waals surface area contributed by atoms with Crippen LogP contribution in [-0.2, 0) is 0 Å². The third-order valence-electron chi connectivity index (χ3n) is 3.66. The monoisotopic (exact) mass is 296 g/mol. The van der Waals surface area contributed by atoms with Crippen molar-refractivity contribution in [3.63, 3.8) is 0 Å². The van der Waals surface area contributed by atoms with E-state index in [-0.39, 0.29) is 0 Å². The maximum atomic E-state index is 4.59. The largest absolute Gasteiger partial charge is 0.352 e. The standard InChI is InChI=1S/C14H12N6S/c1-4-11-10(7-8(1)12-15-5-6-21-12)17-14-18-13(19-20(11)14)16-9-2-3-9/h1,4-7,9H,2-3H2,(H2,16,17,18,19). The van der Waals surface area contributed by atoms with Gasteiger partial charge in [0.2, 0.25) is 5.95 Å². The molecule has 2 N–H and O–H groups in total. The normalized spacial score (nSPS) is 15.0. The van der Waals surface area contributed by atoms with Crippen LogP contribution in [0.25, 0.3) is 27.4 Å². The maximum Gasteiger partial charge on any atom is 0.253 e. The Kier molecular flexibility index (Phi) is 2.17. The van der Waals surface area contributed by atoms with Gasteiger partial charge in [0, 0.05) is 23.2 Å². The fourth-order valence-corrected chi connectivity index (χ4v) is 3.10. The van der Waals surface area contributed by atoms with E-state index in [1.165, 1.54) is 12.8 Å². The summed E-state index contributed by atoms with van der Waals surface area (Å²) < 4.78 is 1.92. The van der Waals surface area contributed by atoms with Crippen molar-refractivity contribution in [1.82, 2.24) is 24.6 Å². The van der Waals surface area contributed by atoms with Crippen molar-refractivity contribution in [2.75, 3.05) is 5.32 Å². The van der Waals surface area contributed by atoms with Crippen molar-refractivity contribution in [3.8, 4) is 10.6 Å². The molecule has 104 valence electrons. The van der Waals surface area contributed by atoms with E-state index in [0.29, 0.717) is 11.8 Å². The van der Waals surface area contributed by atoms with Gasteiger partial charge in [0.25, 0.3) is 5.78 Å². The summed E-state index contributed by atoms with van der Waals surface area (Å²) in [6.45, 7) is 0. The molecule has 0 spiro atoms. The molecule has 0 bridgehead atoms. The Labute approximate surface area is 123 Å². The fraction of sp³-hybridized carbons (Fsp3) is 0.214. The third-order valence-corrected chi connectivity index (χ3v) is 4.49. The molecule has 3 heterocycles. The Morgan fingerprint density at radius 1 is 1.29 bits per heavy atom. The zero-order valence-corrected chi connectivity index (χ0v) is 11.9. The number of H-pyrrole nitrogens is 1. The second-order valence-electron chi connectivity index (χ2n) is 5.28. The molecule has 0 radical (unpaired) electrons. The van der Waals surface area contributed by atoms with Crippen LogP contribution >= 0.6 is 11.3 Å². The van der Waals surface area contributed by atoms with Crippen LogP contribution in [0.5, 0.6) is 0 Å². The van der Waals surface area contributed by atoms with Crippen LogP contribution < -0.4 is 5.32 Å². The summed E-state index contributed by atoms with van der Waals surface area (Å²) in [5.41, 5.74) is 3.05. The average Bonchev–Trinajstić information content (AvgIpc) is 2.91. The van der Waals surface area contributed by atoms with E-state index in [1.807, 2.05) is 16.1 Å². The lowest BCUT2D eigenvalue weighted by Crippen LogP contribution is -2.02. The summed E-state index contributed by atoms with van der Waals surface area (Å²) in [5, 5.41) is 9.61. The molecule has 1 aliphatic carbocycles. The minimum atomic E-state index is 0.573. The number of imidazole rings is 1. The van der Waals surface area contributed by atoms with Crippen LogP contribution in [0.2, 0.25) is 0 Å². The Morgan fingerprint density at radius 3 is 3.05 bits per heavy atom. The molecule has 4 aromatic rings. The summed E-state index contributed by atoms with van der Waals surface area (Å²) in [6.07, 6.45) is 4.26. The Bertz CT molecular complexity index is 931. The number of nitrogens with zero attached hydrogens (tertiary/aromatic N) is 4. The first-order chi connectivity index (χ1) is 10.4. The van der Waals surface area contributed by atoms with Gasteiger partial charge in [0.15, 0.2) is 0 Å². The molecule has 1 fully saturated rings. The highest BCUT2D eigenvalue weighted by Gasteiger charge is 2.22. The highest BCUT2D eigenvalue weighted by Crippen LogP contribution is 2.27. The maximum absolute atomic E-state index is 4.59. The number of benzene rings is 1. The number of nitrogens with one attached hydrogen (secondary N) is 2. The number of aromatic nitrogens is 5. The first-order valence-electron chi connectivity index (χ1n) is 6.91. The van der Waals surface area contributed by atoms with Gasteiger partial charge in [0.1, 0.15) is 5.01 Å². The second-order valence-corrected chi connectivity index (χ2v) is 6.17. The number of hydrogen-bond acceptors (Lipinski definition) is 5. The second kappa shape index (κ2) is 4.05. The lowest BCUT2D eigenvalue weighted by molar-refractivity contribution is 0.986. The minimum Gasteiger partial charge on any atom is -0.352 e. The van der Waals surface area contributed by atoms with E-state index >= 15 is 0 Å². The summed E-state index contributed by atoms with van der Waals surface area (Å²) in [7, 11) is 0. The zero-order chi connectivity index (χ0) is 13.8. The molecule has 6 nitrogen and oxygen atoms in total. The molecule has 0 atom stereocenters. The summed E-state index contributed by atoms with van der Waals surface area (Å²) in [4.78, 5) is 13.4. The number of rotatable bonds is 3. The molecule has 3 aromatic heterocycles. The molecule has 0 aliphatic heterocycles. The van der Waals surface area contributed by atoms with Gasteiger partial charge >= 0.3 is 0 Å². The zero-order valence-electron chi connectivity index (χ0n) is 11.1. The number of hydrogen-bond donors (Lipinski definition) is 2. The molecule has 5 rings (SSSR count). The number of anilines is 1. The fourth-order valence-electron chi connectivity index (χ4n) is 2.47. The van der Waals surface area contributed by atoms with Crippen LogP contribution in [-0.4, -0.2) is 30.6 Å². The van der Waals surface area contributed by atoms with E-state index in [0.717, 1.165) is 27.6 Å². The minimum absolute atomic E-state index is 0.573. The SMILES string of the molecule is c1csc(-c2ccc3c(c2)nc2nc(NC4CC4)[nH]n23)n1. The van der Waals surface area contributed by atoms with Gasteiger partial charge in [-0.1, -0.05) is 0 Å². The predicted octanol–water partition coefficient (Wildman–Crippen LogP) is 2.91. The predicted molar refractivity (Wildman–Crippen MR) is 82.6 cm³/mol. The molecule has 21 heavy (non-hydrogen) atoms. The van der Waals surface area contributed by atoms with Crippen molar-refractivity contribution in [1.29, 1.82) is 0 Å². The van der Waals surface area contributed by atoms with Gasteiger partial charge in [-0.15, -0.1) is 11.3 Å². The van der Waals surface area contributed by atoms with Crippen molar-refractivity contribution in [3.05, 3.63) is 29.8 Å². The topological polar surface area (TPSA) is 70.9 Å². The molecule has 0 amide bonds. The van der Waals surface area contributed by atoms with Crippen molar-refractivity contribution >= 4 is 34.1 Å². The summed E-state index contributed by atoms with van der Waals surface area (Å²) in [6, 6.07) is 6.77. The summed E-state index contributed by atoms with van der Waals surface area (Å²) in [5.74, 6) is 1.50. The summed E-state index contributed by atoms with van der Waals surface area (Å²) >= 11 is 1.63. The molecule has 1 aromatic carbocycles. The van der Waals surface area contributed by atoms with Gasteiger partial charge in [-0.2, -0.15) is 4.98 Å². The van der Waals surface area contributed by atoms with Gasteiger partial charge < -0.3 is 5.32 Å². The lowest BCUT2D eigenvalue weighted by Gasteiger charge is -1.98. The van der Waals surface area contributed by atoms with Gasteiger partial charge in [-0.25, -0.2) is 14.5 Å². The lowest BCUT2D eigenvalue weighted by atomic mass is 10.2. The number of thiazole rings is 1. The van der Waals surface area contributed by atoms with Gasteiger partial charge in [-0.05, 0) is 31.0 Å². The highest BCUT2D eigenvalue weighted by molar-refractivity contribution is 7.13. The first-order valence-corrected chi connectivity index (χ1v) is 7.79. The Hall–Kier alpha value is -2.41. The van der Waals surface area contributed by atoms with Crippen LogP contribution in [0.1, 0.15) is 12.8 Å². The van der Waals surface area contributed by atoms with E-state index in [2.05, 4.69) is 43.6 Å². The van der Waals surface area contributed by atoms with Crippen LogP contribution in [0.15, 0.2) is 29.8 Å². The molecule has 1 aliphatic rings. The average molecular weight is 296 g/mol. The third kappa shape index (κ3) is 1.81. The van der Waals surface area contributed by atoms with Crippen molar-refractivity contribution in [2.24, 2.45) is 0 Å². The Morgan fingerprint density at radius 2 is 2.24 bits per heavy atom. The van der Waals surface area contributed by atoms with E-state index in [4.69, 9.17) is 0 Å². The smallest absolute Gasteiger partial charge is 0.253 e. The Balaban J connectivity index is 1.63. The molecular weight excluding hydrogens is 284 g/mol. The first kappa shape index (κ1) is 11.3. The van der Waals surface area contributed by atoms with Gasteiger partial charge in [0.05, 0.1) is 11.0 Å². The van der Waals surface area contributed by atoms with E-state index in [9.17, 15) is 0 Å². The molecule has 1 saturated carbocycles. The molecule has 0 unspecified atom stereocenters. The van der Waals surface area contributed by atoms with Crippen LogP contribution in [0, 0.1) is 0 Å². The van der Waals surface area contributed by atoms with Crippen LogP contribution in [0.3, 0.4) is 0 Å². The molecule has 0 saturated heterocycles. The highest BCUT2D eigenvalue weighted by atomic mass is 32.1. The quantitative estimate of drug-likeness (QED) is 0.610. The number of aromatic amines is 1. The molecule has 7 heteroatoms. The van der Waals surface area contributed by atoms with E-state index < -0.39 is 0 Å². The number of fused-ring (bicyclic) bond motifs is 3. The van der Waals surface area contributed by atoms with E-state index in [1.54, 1.807) is 11.3 Å². The van der Waals surface area contributed by atoms with Crippen LogP contribution in [0.4, 0.5) is 5.95 Å². The molecular formula is C14H12N6S.